The summed E-state index contributed by atoms with van der Waals surface area (Å²) in [6, 6.07) is 0.00826. The maximum atomic E-state index is 11.8. The highest BCUT2D eigenvalue weighted by Crippen LogP contribution is 2.21. The lowest BCUT2D eigenvalue weighted by atomic mass is 10.2. The number of morpholine rings is 1. The van der Waals surface area contributed by atoms with Crippen LogP contribution in [-0.4, -0.2) is 44.4 Å². The lowest BCUT2D eigenvalue weighted by Gasteiger charge is -2.23. The van der Waals surface area contributed by atoms with Crippen LogP contribution in [0.1, 0.15) is 25.7 Å². The van der Waals surface area contributed by atoms with Crippen LogP contribution in [0, 0.1) is 0 Å². The van der Waals surface area contributed by atoms with E-state index in [2.05, 4.69) is 10.6 Å². The maximum absolute atomic E-state index is 11.8. The van der Waals surface area contributed by atoms with Gasteiger partial charge in [0.1, 0.15) is 0 Å². The molecule has 0 aromatic heterocycles. The Morgan fingerprint density at radius 3 is 2.78 bits per heavy atom. The van der Waals surface area contributed by atoms with E-state index < -0.39 is 12.6 Å². The number of ether oxygens (including phenoxy) is 1. The summed E-state index contributed by atoms with van der Waals surface area (Å²) in [6.07, 6.45) is -4.19. The van der Waals surface area contributed by atoms with E-state index in [-0.39, 0.29) is 18.4 Å². The van der Waals surface area contributed by atoms with Crippen molar-refractivity contribution < 1.29 is 22.7 Å². The first-order chi connectivity index (χ1) is 8.47. The van der Waals surface area contributed by atoms with Crippen molar-refractivity contribution in [3.8, 4) is 0 Å². The second kappa shape index (κ2) is 7.58. The van der Waals surface area contributed by atoms with E-state index in [4.69, 9.17) is 4.74 Å². The van der Waals surface area contributed by atoms with Gasteiger partial charge in [-0.1, -0.05) is 0 Å². The predicted octanol–water partition coefficient (Wildman–Crippen LogP) is 1.21. The average molecular weight is 268 g/mol. The minimum Gasteiger partial charge on any atom is -0.378 e. The van der Waals surface area contributed by atoms with Crippen LogP contribution in [0.3, 0.4) is 0 Å². The molecule has 1 amide bonds. The third-order valence-corrected chi connectivity index (χ3v) is 2.64. The molecule has 1 fully saturated rings. The molecule has 7 heteroatoms. The van der Waals surface area contributed by atoms with Gasteiger partial charge in [-0.25, -0.2) is 0 Å². The van der Waals surface area contributed by atoms with Crippen molar-refractivity contribution in [3.63, 3.8) is 0 Å². The van der Waals surface area contributed by atoms with Gasteiger partial charge in [-0.3, -0.25) is 4.79 Å². The van der Waals surface area contributed by atoms with Crippen LogP contribution in [-0.2, 0) is 9.53 Å². The minimum absolute atomic E-state index is 0.00826. The number of carbonyl (C=O) groups excluding carboxylic acids is 1. The van der Waals surface area contributed by atoms with Gasteiger partial charge < -0.3 is 15.4 Å². The fraction of sp³-hybridized carbons (Fsp3) is 0.909. The first-order valence-electron chi connectivity index (χ1n) is 6.12. The molecule has 106 valence electrons. The van der Waals surface area contributed by atoms with Crippen molar-refractivity contribution in [1.82, 2.24) is 10.6 Å². The molecule has 0 saturated carbocycles. The third-order valence-electron chi connectivity index (χ3n) is 2.64. The normalized spacial score (nSPS) is 20.7. The van der Waals surface area contributed by atoms with Crippen molar-refractivity contribution in [2.24, 2.45) is 0 Å². The molecule has 0 aromatic carbocycles. The van der Waals surface area contributed by atoms with Gasteiger partial charge in [-0.2, -0.15) is 13.2 Å². The van der Waals surface area contributed by atoms with Crippen LogP contribution in [0.2, 0.25) is 0 Å². The molecule has 0 aliphatic carbocycles. The summed E-state index contributed by atoms with van der Waals surface area (Å²) in [5.74, 6) is -0.148. The van der Waals surface area contributed by atoms with Crippen LogP contribution >= 0.6 is 0 Å². The smallest absolute Gasteiger partial charge is 0.378 e. The van der Waals surface area contributed by atoms with Crippen molar-refractivity contribution >= 4 is 5.91 Å². The highest BCUT2D eigenvalue weighted by Gasteiger charge is 2.25. The van der Waals surface area contributed by atoms with Gasteiger partial charge in [-0.15, -0.1) is 0 Å². The fourth-order valence-corrected chi connectivity index (χ4v) is 1.73. The van der Waals surface area contributed by atoms with E-state index in [1.807, 2.05) is 0 Å². The van der Waals surface area contributed by atoms with Crippen LogP contribution in [0.15, 0.2) is 0 Å². The summed E-state index contributed by atoms with van der Waals surface area (Å²) >= 11 is 0. The Balaban J connectivity index is 1.99. The first kappa shape index (κ1) is 15.2. The first-order valence-corrected chi connectivity index (χ1v) is 6.12. The zero-order valence-electron chi connectivity index (χ0n) is 10.2. The SMILES string of the molecule is O=C(CC1COCCN1)NCCCCC(F)(F)F. The topological polar surface area (TPSA) is 50.4 Å². The fourth-order valence-electron chi connectivity index (χ4n) is 1.73. The molecule has 1 rings (SSSR count). The molecule has 1 saturated heterocycles. The number of hydrogen-bond donors (Lipinski definition) is 2. The Kier molecular flexibility index (Phi) is 6.42. The molecular formula is C11H19F3N2O2. The second-order valence-electron chi connectivity index (χ2n) is 4.35. The number of rotatable bonds is 6. The van der Waals surface area contributed by atoms with Gasteiger partial charge in [0.05, 0.1) is 13.2 Å². The van der Waals surface area contributed by atoms with E-state index in [9.17, 15) is 18.0 Å². The summed E-state index contributed by atoms with van der Waals surface area (Å²) in [4.78, 5) is 11.4. The Hall–Kier alpha value is -0.820. The number of unbranched alkanes of at least 4 members (excludes halogenated alkanes) is 1. The lowest BCUT2D eigenvalue weighted by Crippen LogP contribution is -2.44. The van der Waals surface area contributed by atoms with Crippen LogP contribution < -0.4 is 10.6 Å². The molecule has 1 aliphatic heterocycles. The zero-order valence-corrected chi connectivity index (χ0v) is 10.2. The molecule has 2 N–H and O–H groups in total. The highest BCUT2D eigenvalue weighted by atomic mass is 19.4. The van der Waals surface area contributed by atoms with E-state index in [1.54, 1.807) is 0 Å². The van der Waals surface area contributed by atoms with Crippen LogP contribution in [0.25, 0.3) is 0 Å². The number of nitrogens with one attached hydrogen (secondary N) is 2. The number of alkyl halides is 3. The Labute approximate surface area is 104 Å². The molecular weight excluding hydrogens is 249 g/mol. The zero-order chi connectivity index (χ0) is 13.4. The van der Waals surface area contributed by atoms with E-state index in [0.29, 0.717) is 32.6 Å². The van der Waals surface area contributed by atoms with Crippen molar-refractivity contribution in [2.75, 3.05) is 26.3 Å². The molecule has 0 aromatic rings. The minimum atomic E-state index is -4.10. The monoisotopic (exact) mass is 268 g/mol. The third kappa shape index (κ3) is 7.50. The van der Waals surface area contributed by atoms with Crippen molar-refractivity contribution in [3.05, 3.63) is 0 Å². The molecule has 4 nitrogen and oxygen atoms in total. The van der Waals surface area contributed by atoms with Gasteiger partial charge in [0.2, 0.25) is 5.91 Å². The van der Waals surface area contributed by atoms with Gasteiger partial charge in [0.15, 0.2) is 0 Å². The van der Waals surface area contributed by atoms with Crippen LogP contribution in [0.4, 0.5) is 13.2 Å². The number of halogens is 3. The van der Waals surface area contributed by atoms with Gasteiger partial charge in [0, 0.05) is 32.0 Å². The molecule has 1 unspecified atom stereocenters. The lowest BCUT2D eigenvalue weighted by molar-refractivity contribution is -0.135. The second-order valence-corrected chi connectivity index (χ2v) is 4.35. The van der Waals surface area contributed by atoms with E-state index in [0.717, 1.165) is 6.54 Å². The summed E-state index contributed by atoms with van der Waals surface area (Å²) in [5.41, 5.74) is 0. The molecule has 1 aliphatic rings. The van der Waals surface area contributed by atoms with E-state index >= 15 is 0 Å². The van der Waals surface area contributed by atoms with E-state index in [1.165, 1.54) is 0 Å². The standard InChI is InChI=1S/C11H19F3N2O2/c12-11(13,14)3-1-2-4-16-10(17)7-9-8-18-6-5-15-9/h9,15H,1-8H2,(H,16,17). The summed E-state index contributed by atoms with van der Waals surface area (Å²) in [5, 5.41) is 5.75. The molecule has 0 spiro atoms. The number of amides is 1. The highest BCUT2D eigenvalue weighted by molar-refractivity contribution is 5.76. The summed E-state index contributed by atoms with van der Waals surface area (Å²) in [6.45, 7) is 2.17. The Morgan fingerprint density at radius 1 is 1.39 bits per heavy atom. The average Bonchev–Trinajstić information content (AvgIpc) is 2.28. The molecule has 0 bridgehead atoms. The van der Waals surface area contributed by atoms with Crippen molar-refractivity contribution in [1.29, 1.82) is 0 Å². The number of hydrogen-bond acceptors (Lipinski definition) is 3. The summed E-state index contributed by atoms with van der Waals surface area (Å²) < 4.78 is 40.7. The van der Waals surface area contributed by atoms with Crippen molar-refractivity contribution in [2.45, 2.75) is 37.9 Å². The molecule has 1 atom stereocenters. The maximum Gasteiger partial charge on any atom is 0.389 e. The largest absolute Gasteiger partial charge is 0.389 e. The predicted molar refractivity (Wildman–Crippen MR) is 60.1 cm³/mol. The Bertz CT molecular complexity index is 253. The Morgan fingerprint density at radius 2 is 2.17 bits per heavy atom. The number of carbonyl (C=O) groups is 1. The van der Waals surface area contributed by atoms with Gasteiger partial charge >= 0.3 is 6.18 Å². The van der Waals surface area contributed by atoms with Gasteiger partial charge in [0.25, 0.3) is 0 Å². The van der Waals surface area contributed by atoms with Gasteiger partial charge in [-0.05, 0) is 12.8 Å². The molecule has 18 heavy (non-hydrogen) atoms. The molecule has 1 heterocycles. The van der Waals surface area contributed by atoms with Crippen LogP contribution in [0.5, 0.6) is 0 Å². The quantitative estimate of drug-likeness (QED) is 0.712. The molecule has 0 radical (unpaired) electrons. The summed E-state index contributed by atoms with van der Waals surface area (Å²) in [7, 11) is 0.